The molecule has 4 aliphatic rings. The first-order chi connectivity index (χ1) is 20.0. The Balaban J connectivity index is 0.000000226. The average molecular weight is 587 g/mol. The zero-order valence-electron chi connectivity index (χ0n) is 26.9. The Labute approximate surface area is 250 Å². The molecule has 4 fully saturated rings. The molecule has 0 bridgehead atoms. The quantitative estimate of drug-likeness (QED) is 0.141. The van der Waals surface area contributed by atoms with E-state index in [0.717, 1.165) is 157 Å². The maximum Gasteiger partial charge on any atom is 0.0566 e. The second kappa shape index (κ2) is 18.5. The predicted octanol–water partition coefficient (Wildman–Crippen LogP) is 5.70. The predicted molar refractivity (Wildman–Crippen MR) is 161 cm³/mol. The number of hydrogen-bond donors (Lipinski definition) is 0. The van der Waals surface area contributed by atoms with Crippen LogP contribution in [0.3, 0.4) is 0 Å². The smallest absolute Gasteiger partial charge is 0.0566 e. The summed E-state index contributed by atoms with van der Waals surface area (Å²) in [6.45, 7) is 22.7. The Kier molecular flexibility index (Phi) is 15.8. The van der Waals surface area contributed by atoms with E-state index in [9.17, 15) is 0 Å². The summed E-state index contributed by atoms with van der Waals surface area (Å²) in [7, 11) is 0. The van der Waals surface area contributed by atoms with Crippen LogP contribution in [0.2, 0.25) is 0 Å². The summed E-state index contributed by atoms with van der Waals surface area (Å²) >= 11 is 0. The van der Waals surface area contributed by atoms with Gasteiger partial charge in [0.05, 0.1) is 79.3 Å². The van der Waals surface area contributed by atoms with Crippen molar-refractivity contribution < 1.29 is 37.9 Å². The van der Waals surface area contributed by atoms with E-state index < -0.39 is 0 Å². The van der Waals surface area contributed by atoms with Gasteiger partial charge in [-0.1, -0.05) is 27.7 Å². The minimum Gasteiger partial charge on any atom is -0.381 e. The highest BCUT2D eigenvalue weighted by Crippen LogP contribution is 2.33. The molecule has 0 spiro atoms. The third kappa shape index (κ3) is 11.3. The molecule has 0 aromatic rings. The molecule has 4 rings (SSSR count). The first-order valence-corrected chi connectivity index (χ1v) is 16.6. The van der Waals surface area contributed by atoms with Gasteiger partial charge in [0.15, 0.2) is 0 Å². The second-order valence-electron chi connectivity index (χ2n) is 13.4. The van der Waals surface area contributed by atoms with E-state index in [1.54, 1.807) is 0 Å². The van der Waals surface area contributed by atoms with Gasteiger partial charge in [0.1, 0.15) is 0 Å². The summed E-state index contributed by atoms with van der Waals surface area (Å²) in [5.41, 5.74) is 1.27. The molecule has 8 nitrogen and oxygen atoms in total. The largest absolute Gasteiger partial charge is 0.381 e. The highest BCUT2D eigenvalue weighted by molar-refractivity contribution is 4.86. The van der Waals surface area contributed by atoms with E-state index in [4.69, 9.17) is 37.9 Å². The molecule has 0 radical (unpaired) electrons. The van der Waals surface area contributed by atoms with E-state index in [1.807, 2.05) is 0 Å². The van der Waals surface area contributed by atoms with Gasteiger partial charge >= 0.3 is 0 Å². The Morgan fingerprint density at radius 1 is 0.366 bits per heavy atom. The molecular formula is C33H62O8. The third-order valence-electron chi connectivity index (χ3n) is 9.80. The van der Waals surface area contributed by atoms with Crippen LogP contribution in [-0.4, -0.2) is 106 Å². The summed E-state index contributed by atoms with van der Waals surface area (Å²) in [6, 6.07) is 0. The molecular weight excluding hydrogens is 524 g/mol. The number of hydrogen-bond acceptors (Lipinski definition) is 8. The standard InChI is InChI=1S/C17H32O4.C16H30O4/c1-3-16(12-20-13-16)10-18-8-6-5-7-9-19-11-17(4-2)14-21-15-17;1-3-15(11-19-12-15)9-17-7-5-6-8-18-10-16(4-2)13-20-14-16/h3-15H2,1-2H3;3-14H2,1-2H3. The van der Waals surface area contributed by atoms with Gasteiger partial charge in [-0.25, -0.2) is 0 Å². The summed E-state index contributed by atoms with van der Waals surface area (Å²) in [4.78, 5) is 0. The van der Waals surface area contributed by atoms with Crippen LogP contribution in [0, 0.1) is 21.7 Å². The van der Waals surface area contributed by atoms with Crippen molar-refractivity contribution in [3.05, 3.63) is 0 Å². The van der Waals surface area contributed by atoms with Gasteiger partial charge < -0.3 is 37.9 Å². The molecule has 0 amide bonds. The van der Waals surface area contributed by atoms with Gasteiger partial charge in [-0.05, 0) is 57.8 Å². The number of unbranched alkanes of at least 4 members (excludes halogenated alkanes) is 3. The van der Waals surface area contributed by atoms with Gasteiger partial charge in [-0.3, -0.25) is 0 Å². The molecule has 0 N–H and O–H groups in total. The van der Waals surface area contributed by atoms with E-state index in [-0.39, 0.29) is 0 Å². The lowest BCUT2D eigenvalue weighted by molar-refractivity contribution is -0.153. The summed E-state index contributed by atoms with van der Waals surface area (Å²) in [5.74, 6) is 0. The van der Waals surface area contributed by atoms with Crippen LogP contribution in [0.5, 0.6) is 0 Å². The summed E-state index contributed by atoms with van der Waals surface area (Å²) < 4.78 is 44.3. The molecule has 4 saturated heterocycles. The SMILES string of the molecule is CCC1(COCCCCCOCC2(CC)COC2)COC1.CCC1(COCCCCOCC2(CC)COC2)COC1. The molecule has 8 heteroatoms. The highest BCUT2D eigenvalue weighted by Gasteiger charge is 2.39. The molecule has 4 aliphatic heterocycles. The number of ether oxygens (including phenoxy) is 8. The monoisotopic (exact) mass is 586 g/mol. The lowest BCUT2D eigenvalue weighted by Gasteiger charge is -2.40. The van der Waals surface area contributed by atoms with Gasteiger partial charge in [-0.15, -0.1) is 0 Å². The lowest BCUT2D eigenvalue weighted by atomic mass is 9.84. The van der Waals surface area contributed by atoms with Crippen LogP contribution in [0.25, 0.3) is 0 Å². The normalized spacial score (nSPS) is 22.8. The molecule has 4 heterocycles. The van der Waals surface area contributed by atoms with Crippen LogP contribution in [0.1, 0.15) is 85.5 Å². The van der Waals surface area contributed by atoms with E-state index >= 15 is 0 Å². The van der Waals surface area contributed by atoms with Crippen molar-refractivity contribution in [1.29, 1.82) is 0 Å². The maximum atomic E-state index is 5.80. The van der Waals surface area contributed by atoms with Crippen molar-refractivity contribution in [3.8, 4) is 0 Å². The van der Waals surface area contributed by atoms with Crippen LogP contribution in [0.4, 0.5) is 0 Å². The van der Waals surface area contributed by atoms with E-state index in [1.165, 1.54) is 6.42 Å². The van der Waals surface area contributed by atoms with Crippen LogP contribution in [-0.2, 0) is 37.9 Å². The average Bonchev–Trinajstić information content (AvgIpc) is 2.90. The Morgan fingerprint density at radius 2 is 0.585 bits per heavy atom. The van der Waals surface area contributed by atoms with E-state index in [2.05, 4.69) is 27.7 Å². The first kappa shape index (κ1) is 35.2. The third-order valence-corrected chi connectivity index (χ3v) is 9.80. The molecule has 242 valence electrons. The molecule has 0 aromatic heterocycles. The fourth-order valence-electron chi connectivity index (χ4n) is 5.27. The van der Waals surface area contributed by atoms with E-state index in [0.29, 0.717) is 21.7 Å². The van der Waals surface area contributed by atoms with Crippen molar-refractivity contribution >= 4 is 0 Å². The van der Waals surface area contributed by atoms with Crippen molar-refractivity contribution in [1.82, 2.24) is 0 Å². The highest BCUT2D eigenvalue weighted by atomic mass is 16.5. The first-order valence-electron chi connectivity index (χ1n) is 16.6. The zero-order valence-corrected chi connectivity index (χ0v) is 26.9. The molecule has 0 aromatic carbocycles. The minimum absolute atomic E-state index is 0.314. The second-order valence-corrected chi connectivity index (χ2v) is 13.4. The van der Waals surface area contributed by atoms with Gasteiger partial charge in [0.25, 0.3) is 0 Å². The molecule has 41 heavy (non-hydrogen) atoms. The summed E-state index contributed by atoms with van der Waals surface area (Å²) in [6.07, 6.45) is 10.2. The molecule has 0 aliphatic carbocycles. The van der Waals surface area contributed by atoms with Gasteiger partial charge in [0, 0.05) is 48.1 Å². The fourth-order valence-corrected chi connectivity index (χ4v) is 5.27. The van der Waals surface area contributed by atoms with Gasteiger partial charge in [-0.2, -0.15) is 0 Å². The van der Waals surface area contributed by atoms with Crippen molar-refractivity contribution in [2.24, 2.45) is 21.7 Å². The maximum absolute atomic E-state index is 5.80. The molecule has 0 unspecified atom stereocenters. The fraction of sp³-hybridized carbons (Fsp3) is 1.00. The Bertz CT molecular complexity index is 592. The Morgan fingerprint density at radius 3 is 0.756 bits per heavy atom. The van der Waals surface area contributed by atoms with Crippen molar-refractivity contribution in [3.63, 3.8) is 0 Å². The van der Waals surface area contributed by atoms with Gasteiger partial charge in [0.2, 0.25) is 0 Å². The van der Waals surface area contributed by atoms with Crippen molar-refractivity contribution in [2.45, 2.75) is 85.5 Å². The van der Waals surface area contributed by atoms with Crippen LogP contribution < -0.4 is 0 Å². The molecule has 0 saturated carbocycles. The van der Waals surface area contributed by atoms with Crippen LogP contribution >= 0.6 is 0 Å². The lowest BCUT2D eigenvalue weighted by Crippen LogP contribution is -2.46. The Hall–Kier alpha value is -0.320. The van der Waals surface area contributed by atoms with Crippen LogP contribution in [0.15, 0.2) is 0 Å². The summed E-state index contributed by atoms with van der Waals surface area (Å²) in [5, 5.41) is 0. The van der Waals surface area contributed by atoms with Crippen molar-refractivity contribution in [2.75, 3.05) is 106 Å². The minimum atomic E-state index is 0.314. The topological polar surface area (TPSA) is 73.8 Å². The number of rotatable bonds is 23. The molecule has 0 atom stereocenters. The zero-order chi connectivity index (χ0) is 29.3.